The Bertz CT molecular complexity index is 405. The fraction of sp³-hybridized carbons (Fsp3) is 0.667. The topological polar surface area (TPSA) is 18.5 Å². The zero-order chi connectivity index (χ0) is 15.2. The van der Waals surface area contributed by atoms with Crippen molar-refractivity contribution in [1.29, 1.82) is 0 Å². The molecule has 0 saturated carbocycles. The van der Waals surface area contributed by atoms with Gasteiger partial charge in [0.2, 0.25) is 0 Å². The largest absolute Gasteiger partial charge is 0.319 e. The molecule has 0 radical (unpaired) electrons. The van der Waals surface area contributed by atoms with Gasteiger partial charge in [-0.2, -0.15) is 0 Å². The van der Waals surface area contributed by atoms with Crippen molar-refractivity contribution in [2.75, 3.05) is 40.8 Å². The van der Waals surface area contributed by atoms with Crippen molar-refractivity contribution >= 4 is 0 Å². The first-order valence-corrected chi connectivity index (χ1v) is 8.22. The smallest absolute Gasteiger partial charge is 0.0233 e. The van der Waals surface area contributed by atoms with Gasteiger partial charge in [0, 0.05) is 19.1 Å². The van der Waals surface area contributed by atoms with Crippen LogP contribution in [0.4, 0.5) is 0 Å². The van der Waals surface area contributed by atoms with Crippen molar-refractivity contribution in [2.24, 2.45) is 0 Å². The van der Waals surface area contributed by atoms with Crippen LogP contribution < -0.4 is 5.32 Å². The summed E-state index contributed by atoms with van der Waals surface area (Å²) in [4.78, 5) is 4.96. The lowest BCUT2D eigenvalue weighted by atomic mass is 9.99. The van der Waals surface area contributed by atoms with E-state index in [2.05, 4.69) is 60.4 Å². The highest BCUT2D eigenvalue weighted by Gasteiger charge is 2.20. The van der Waals surface area contributed by atoms with E-state index in [-0.39, 0.29) is 0 Å². The molecule has 1 saturated heterocycles. The lowest BCUT2D eigenvalue weighted by Gasteiger charge is -2.35. The second kappa shape index (κ2) is 7.92. The van der Waals surface area contributed by atoms with Gasteiger partial charge >= 0.3 is 0 Å². The molecule has 0 aliphatic carbocycles. The number of likely N-dealkylation sites (tertiary alicyclic amines) is 1. The summed E-state index contributed by atoms with van der Waals surface area (Å²) >= 11 is 0. The summed E-state index contributed by atoms with van der Waals surface area (Å²) in [6.07, 6.45) is 2.59. The average Bonchev–Trinajstić information content (AvgIpc) is 2.49. The third-order valence-corrected chi connectivity index (χ3v) is 4.75. The number of nitrogens with zero attached hydrogens (tertiary/aromatic N) is 2. The Hall–Kier alpha value is -0.900. The molecule has 1 N–H and O–H groups in total. The molecule has 1 heterocycles. The molecule has 1 aromatic rings. The lowest BCUT2D eigenvalue weighted by molar-refractivity contribution is 0.140. The van der Waals surface area contributed by atoms with Crippen LogP contribution >= 0.6 is 0 Å². The average molecular weight is 289 g/mol. The molecule has 118 valence electrons. The number of piperidine rings is 1. The predicted molar refractivity (Wildman–Crippen MR) is 90.8 cm³/mol. The molecule has 1 aliphatic heterocycles. The summed E-state index contributed by atoms with van der Waals surface area (Å²) in [5.41, 5.74) is 2.87. The van der Waals surface area contributed by atoms with Gasteiger partial charge in [0.1, 0.15) is 0 Å². The van der Waals surface area contributed by atoms with Crippen LogP contribution in [0.2, 0.25) is 0 Å². The molecule has 0 aromatic heterocycles. The number of hydrogen-bond donors (Lipinski definition) is 1. The Labute approximate surface area is 130 Å². The van der Waals surface area contributed by atoms with E-state index in [0.717, 1.165) is 19.1 Å². The zero-order valence-corrected chi connectivity index (χ0v) is 14.1. The van der Waals surface area contributed by atoms with Gasteiger partial charge < -0.3 is 10.2 Å². The Balaban J connectivity index is 1.84. The van der Waals surface area contributed by atoms with E-state index in [1.807, 2.05) is 7.05 Å². The first-order chi connectivity index (χ1) is 10.1. The fourth-order valence-electron chi connectivity index (χ4n) is 3.23. The van der Waals surface area contributed by atoms with Crippen LogP contribution in [0.3, 0.4) is 0 Å². The van der Waals surface area contributed by atoms with E-state index in [1.54, 1.807) is 0 Å². The summed E-state index contributed by atoms with van der Waals surface area (Å²) in [5, 5.41) is 3.25. The minimum atomic E-state index is 0.583. The zero-order valence-electron chi connectivity index (χ0n) is 14.1. The van der Waals surface area contributed by atoms with Crippen molar-refractivity contribution in [3.63, 3.8) is 0 Å². The van der Waals surface area contributed by atoms with Gasteiger partial charge in [0.05, 0.1) is 0 Å². The molecule has 1 fully saturated rings. The molecule has 3 nitrogen and oxygen atoms in total. The maximum absolute atomic E-state index is 3.25. The van der Waals surface area contributed by atoms with E-state index < -0.39 is 0 Å². The minimum absolute atomic E-state index is 0.583. The van der Waals surface area contributed by atoms with Crippen LogP contribution in [0.15, 0.2) is 24.3 Å². The Morgan fingerprint density at radius 3 is 2.33 bits per heavy atom. The quantitative estimate of drug-likeness (QED) is 0.868. The molecule has 1 aliphatic rings. The Morgan fingerprint density at radius 1 is 1.19 bits per heavy atom. The Kier molecular flexibility index (Phi) is 6.22. The molecule has 0 spiro atoms. The molecule has 2 rings (SSSR count). The van der Waals surface area contributed by atoms with E-state index in [0.29, 0.717) is 5.92 Å². The summed E-state index contributed by atoms with van der Waals surface area (Å²) < 4.78 is 0. The first-order valence-electron chi connectivity index (χ1n) is 8.22. The van der Waals surface area contributed by atoms with Crippen LogP contribution in [-0.2, 0) is 6.54 Å². The van der Waals surface area contributed by atoms with E-state index in [4.69, 9.17) is 0 Å². The van der Waals surface area contributed by atoms with Gasteiger partial charge in [0.15, 0.2) is 0 Å². The third-order valence-electron chi connectivity index (χ3n) is 4.75. The molecule has 0 bridgehead atoms. The van der Waals surface area contributed by atoms with E-state index in [1.165, 1.54) is 37.1 Å². The van der Waals surface area contributed by atoms with Crippen LogP contribution in [0.1, 0.15) is 36.8 Å². The number of likely N-dealkylation sites (N-methyl/N-ethyl adjacent to an activating group) is 1. The highest BCUT2D eigenvalue weighted by molar-refractivity contribution is 5.25. The summed E-state index contributed by atoms with van der Waals surface area (Å²) in [6.45, 7) is 6.86. The van der Waals surface area contributed by atoms with Gasteiger partial charge in [-0.3, -0.25) is 4.90 Å². The molecular weight excluding hydrogens is 258 g/mol. The SMILES string of the molecule is CNCC(C)c1ccc(CN2CCC(N(C)C)CC2)cc1. The van der Waals surface area contributed by atoms with Crippen molar-refractivity contribution in [3.8, 4) is 0 Å². The normalized spacial score (nSPS) is 19.1. The predicted octanol–water partition coefficient (Wildman–Crippen LogP) is 2.54. The molecule has 1 aromatic carbocycles. The second-order valence-corrected chi connectivity index (χ2v) is 6.67. The molecule has 0 amide bonds. The molecule has 1 unspecified atom stereocenters. The van der Waals surface area contributed by atoms with Crippen molar-refractivity contribution in [2.45, 2.75) is 38.3 Å². The molecule has 1 atom stereocenters. The number of nitrogens with one attached hydrogen (secondary N) is 1. The maximum Gasteiger partial charge on any atom is 0.0233 e. The third kappa shape index (κ3) is 4.80. The van der Waals surface area contributed by atoms with Crippen molar-refractivity contribution in [1.82, 2.24) is 15.1 Å². The van der Waals surface area contributed by atoms with Gasteiger partial charge in [0.25, 0.3) is 0 Å². The lowest BCUT2D eigenvalue weighted by Crippen LogP contribution is -2.41. The number of benzene rings is 1. The van der Waals surface area contributed by atoms with Crippen molar-refractivity contribution in [3.05, 3.63) is 35.4 Å². The second-order valence-electron chi connectivity index (χ2n) is 6.67. The molecular formula is C18H31N3. The van der Waals surface area contributed by atoms with Crippen LogP contribution in [-0.4, -0.2) is 56.6 Å². The van der Waals surface area contributed by atoms with Crippen molar-refractivity contribution < 1.29 is 0 Å². The summed E-state index contributed by atoms with van der Waals surface area (Å²) in [7, 11) is 6.42. The maximum atomic E-state index is 3.25. The van der Waals surface area contributed by atoms with Gasteiger partial charge in [-0.25, -0.2) is 0 Å². The molecule has 21 heavy (non-hydrogen) atoms. The minimum Gasteiger partial charge on any atom is -0.319 e. The number of rotatable bonds is 6. The van der Waals surface area contributed by atoms with Crippen LogP contribution in [0.5, 0.6) is 0 Å². The van der Waals surface area contributed by atoms with Gasteiger partial charge in [-0.15, -0.1) is 0 Å². The van der Waals surface area contributed by atoms with Gasteiger partial charge in [-0.1, -0.05) is 31.2 Å². The van der Waals surface area contributed by atoms with Crippen LogP contribution in [0.25, 0.3) is 0 Å². The number of hydrogen-bond acceptors (Lipinski definition) is 3. The first kappa shape index (κ1) is 16.5. The van der Waals surface area contributed by atoms with E-state index >= 15 is 0 Å². The summed E-state index contributed by atoms with van der Waals surface area (Å²) in [5.74, 6) is 0.583. The summed E-state index contributed by atoms with van der Waals surface area (Å²) in [6, 6.07) is 9.97. The highest BCUT2D eigenvalue weighted by atomic mass is 15.2. The monoisotopic (exact) mass is 289 g/mol. The van der Waals surface area contributed by atoms with Crippen LogP contribution in [0, 0.1) is 0 Å². The standard InChI is InChI=1S/C18H31N3/c1-15(13-19-2)17-7-5-16(6-8-17)14-21-11-9-18(10-12-21)20(3)4/h5-8,15,18-19H,9-14H2,1-4H3. The highest BCUT2D eigenvalue weighted by Crippen LogP contribution is 2.19. The van der Waals surface area contributed by atoms with E-state index in [9.17, 15) is 0 Å². The molecule has 3 heteroatoms. The Morgan fingerprint density at radius 2 is 1.81 bits per heavy atom. The van der Waals surface area contributed by atoms with Gasteiger partial charge in [-0.05, 0) is 64.1 Å². The fourth-order valence-corrected chi connectivity index (χ4v) is 3.23.